The van der Waals surface area contributed by atoms with Crippen molar-refractivity contribution in [2.45, 2.75) is 13.0 Å². The highest BCUT2D eigenvalue weighted by Gasteiger charge is 2.12. The summed E-state index contributed by atoms with van der Waals surface area (Å²) in [6.45, 7) is 2.41. The van der Waals surface area contributed by atoms with E-state index in [0.717, 1.165) is 47.7 Å². The number of benzene rings is 2. The number of hydrogen-bond donors (Lipinski definition) is 1. The summed E-state index contributed by atoms with van der Waals surface area (Å²) in [6, 6.07) is 13.5. The molecule has 1 N–H and O–H groups in total. The first-order chi connectivity index (χ1) is 13.4. The highest BCUT2D eigenvalue weighted by atomic mass is 35.5. The van der Waals surface area contributed by atoms with Crippen molar-refractivity contribution >= 4 is 45.6 Å². The summed E-state index contributed by atoms with van der Waals surface area (Å²) < 4.78 is 0. The quantitative estimate of drug-likeness (QED) is 0.525. The highest BCUT2D eigenvalue weighted by Crippen LogP contribution is 2.29. The summed E-state index contributed by atoms with van der Waals surface area (Å²) in [6.07, 6.45) is 1.04. The summed E-state index contributed by atoms with van der Waals surface area (Å²) >= 11 is 12.5. The fourth-order valence-electron chi connectivity index (χ4n) is 3.01. The van der Waals surface area contributed by atoms with Crippen molar-refractivity contribution in [3.05, 3.63) is 58.3 Å². The lowest BCUT2D eigenvalue weighted by Gasteiger charge is -2.21. The molecule has 0 atom stereocenters. The standard InChI is InChI=1S/C21H25Cl2N5/c1-27(2)12-6-11-24-21-16-7-4-5-8-18(16)25-20(26-21)14-28(3)19-13-15(22)9-10-17(19)23/h4-5,7-10,13H,6,11-12,14H2,1-3H3,(H,24,25,26). The number of nitrogens with one attached hydrogen (secondary N) is 1. The summed E-state index contributed by atoms with van der Waals surface area (Å²) in [7, 11) is 6.12. The molecule has 0 spiro atoms. The van der Waals surface area contributed by atoms with Crippen molar-refractivity contribution < 1.29 is 0 Å². The van der Waals surface area contributed by atoms with E-state index >= 15 is 0 Å². The molecule has 0 aliphatic carbocycles. The van der Waals surface area contributed by atoms with Crippen molar-refractivity contribution in [2.75, 3.05) is 44.4 Å². The van der Waals surface area contributed by atoms with Gasteiger partial charge in [0.05, 0.1) is 22.8 Å². The molecule has 0 saturated heterocycles. The van der Waals surface area contributed by atoms with Crippen molar-refractivity contribution in [3.63, 3.8) is 0 Å². The monoisotopic (exact) mass is 417 g/mol. The Labute approximate surface area is 176 Å². The molecule has 0 bridgehead atoms. The Balaban J connectivity index is 1.83. The number of fused-ring (bicyclic) bond motifs is 1. The van der Waals surface area contributed by atoms with Crippen LogP contribution < -0.4 is 10.2 Å². The minimum atomic E-state index is 0.525. The molecule has 0 fully saturated rings. The molecule has 3 aromatic rings. The van der Waals surface area contributed by atoms with E-state index in [1.165, 1.54) is 0 Å². The lowest BCUT2D eigenvalue weighted by atomic mass is 10.2. The van der Waals surface area contributed by atoms with Gasteiger partial charge in [0, 0.05) is 24.0 Å². The SMILES string of the molecule is CN(C)CCCNc1nc(CN(C)c2cc(Cl)ccc2Cl)nc2ccccc12. The van der Waals surface area contributed by atoms with E-state index in [4.69, 9.17) is 33.2 Å². The van der Waals surface area contributed by atoms with Gasteiger partial charge in [-0.3, -0.25) is 0 Å². The van der Waals surface area contributed by atoms with Gasteiger partial charge in [-0.15, -0.1) is 0 Å². The zero-order valence-corrected chi connectivity index (χ0v) is 17.9. The Bertz CT molecular complexity index is 945. The number of halogens is 2. The molecule has 0 amide bonds. The first kappa shape index (κ1) is 20.6. The van der Waals surface area contributed by atoms with Crippen molar-refractivity contribution in [2.24, 2.45) is 0 Å². The number of rotatable bonds is 8. The smallest absolute Gasteiger partial charge is 0.150 e. The minimum Gasteiger partial charge on any atom is -0.369 e. The summed E-state index contributed by atoms with van der Waals surface area (Å²) in [5, 5.41) is 5.80. The van der Waals surface area contributed by atoms with E-state index in [1.54, 1.807) is 12.1 Å². The average Bonchev–Trinajstić information content (AvgIpc) is 2.66. The number of aromatic nitrogens is 2. The molecule has 7 heteroatoms. The van der Waals surface area contributed by atoms with E-state index in [2.05, 4.69) is 24.3 Å². The summed E-state index contributed by atoms with van der Waals surface area (Å²) in [5.74, 6) is 1.59. The zero-order valence-electron chi connectivity index (χ0n) is 16.4. The third-order valence-corrected chi connectivity index (χ3v) is 4.98. The Morgan fingerprint density at radius 3 is 2.57 bits per heavy atom. The van der Waals surface area contributed by atoms with Gasteiger partial charge in [0.1, 0.15) is 5.82 Å². The van der Waals surface area contributed by atoms with Crippen LogP contribution >= 0.6 is 23.2 Å². The second-order valence-corrected chi connectivity index (χ2v) is 7.88. The highest BCUT2D eigenvalue weighted by molar-refractivity contribution is 6.35. The maximum Gasteiger partial charge on any atom is 0.150 e. The molecule has 0 radical (unpaired) electrons. The van der Waals surface area contributed by atoms with Gasteiger partial charge in [0.25, 0.3) is 0 Å². The molecular formula is C21H25Cl2N5. The van der Waals surface area contributed by atoms with Gasteiger partial charge < -0.3 is 15.1 Å². The van der Waals surface area contributed by atoms with Gasteiger partial charge in [-0.1, -0.05) is 35.3 Å². The Morgan fingerprint density at radius 1 is 1.00 bits per heavy atom. The molecule has 148 valence electrons. The molecule has 3 rings (SSSR count). The normalized spacial score (nSPS) is 11.2. The van der Waals surface area contributed by atoms with Gasteiger partial charge in [0.2, 0.25) is 0 Å². The number of para-hydroxylation sites is 1. The van der Waals surface area contributed by atoms with Crippen LogP contribution in [0, 0.1) is 0 Å². The molecule has 0 aliphatic heterocycles. The first-order valence-electron chi connectivity index (χ1n) is 9.24. The summed E-state index contributed by atoms with van der Waals surface area (Å²) in [4.78, 5) is 13.7. The van der Waals surface area contributed by atoms with Crippen molar-refractivity contribution in [1.82, 2.24) is 14.9 Å². The number of hydrogen-bond acceptors (Lipinski definition) is 5. The van der Waals surface area contributed by atoms with Crippen LogP contribution in [0.15, 0.2) is 42.5 Å². The fourth-order valence-corrected chi connectivity index (χ4v) is 3.44. The summed E-state index contributed by atoms with van der Waals surface area (Å²) in [5.41, 5.74) is 1.78. The van der Waals surface area contributed by atoms with Gasteiger partial charge >= 0.3 is 0 Å². The van der Waals surface area contributed by atoms with E-state index in [-0.39, 0.29) is 0 Å². The predicted octanol–water partition coefficient (Wildman–Crippen LogP) is 4.94. The van der Waals surface area contributed by atoms with Crippen LogP contribution in [0.5, 0.6) is 0 Å². The van der Waals surface area contributed by atoms with Crippen LogP contribution in [-0.4, -0.2) is 49.1 Å². The Kier molecular flexibility index (Phi) is 6.94. The van der Waals surface area contributed by atoms with Crippen LogP contribution in [0.25, 0.3) is 10.9 Å². The average molecular weight is 418 g/mol. The Hall–Kier alpha value is -2.08. The lowest BCUT2D eigenvalue weighted by molar-refractivity contribution is 0.405. The third kappa shape index (κ3) is 5.25. The van der Waals surface area contributed by atoms with E-state index in [9.17, 15) is 0 Å². The van der Waals surface area contributed by atoms with Crippen LogP contribution in [-0.2, 0) is 6.54 Å². The molecule has 1 aromatic heterocycles. The molecule has 1 heterocycles. The first-order valence-corrected chi connectivity index (χ1v) is 10.00. The molecule has 2 aromatic carbocycles. The van der Waals surface area contributed by atoms with Crippen molar-refractivity contribution in [1.29, 1.82) is 0 Å². The maximum atomic E-state index is 6.34. The molecule has 0 unspecified atom stereocenters. The third-order valence-electron chi connectivity index (χ3n) is 4.42. The maximum absolute atomic E-state index is 6.34. The second-order valence-electron chi connectivity index (χ2n) is 7.04. The van der Waals surface area contributed by atoms with Crippen LogP contribution in [0.1, 0.15) is 12.2 Å². The molecule has 28 heavy (non-hydrogen) atoms. The van der Waals surface area contributed by atoms with E-state index in [0.29, 0.717) is 16.6 Å². The molecular weight excluding hydrogens is 393 g/mol. The predicted molar refractivity (Wildman–Crippen MR) is 120 cm³/mol. The molecule has 0 saturated carbocycles. The van der Waals surface area contributed by atoms with Crippen molar-refractivity contribution in [3.8, 4) is 0 Å². The Morgan fingerprint density at radius 2 is 1.79 bits per heavy atom. The fraction of sp³-hybridized carbons (Fsp3) is 0.333. The topological polar surface area (TPSA) is 44.3 Å². The largest absolute Gasteiger partial charge is 0.369 e. The molecule has 5 nitrogen and oxygen atoms in total. The lowest BCUT2D eigenvalue weighted by Crippen LogP contribution is -2.20. The van der Waals surface area contributed by atoms with Gasteiger partial charge in [-0.05, 0) is 57.4 Å². The van der Waals surface area contributed by atoms with Gasteiger partial charge in [-0.2, -0.15) is 0 Å². The van der Waals surface area contributed by atoms with E-state index < -0.39 is 0 Å². The molecule has 0 aliphatic rings. The van der Waals surface area contributed by atoms with Gasteiger partial charge in [0.15, 0.2) is 5.82 Å². The number of nitrogens with zero attached hydrogens (tertiary/aromatic N) is 4. The van der Waals surface area contributed by atoms with Crippen LogP contribution in [0.3, 0.4) is 0 Å². The van der Waals surface area contributed by atoms with Crippen LogP contribution in [0.2, 0.25) is 10.0 Å². The number of anilines is 2. The van der Waals surface area contributed by atoms with Crippen LogP contribution in [0.4, 0.5) is 11.5 Å². The van der Waals surface area contributed by atoms with Gasteiger partial charge in [-0.25, -0.2) is 9.97 Å². The minimum absolute atomic E-state index is 0.525. The second kappa shape index (κ2) is 9.41. The van der Waals surface area contributed by atoms with E-state index in [1.807, 2.05) is 42.3 Å². The zero-order chi connectivity index (χ0) is 20.1.